The van der Waals surface area contributed by atoms with Crippen LogP contribution in [0.25, 0.3) is 10.8 Å². The number of nitrogens with zero attached hydrogens (tertiary/aromatic N) is 1. The van der Waals surface area contributed by atoms with Crippen LogP contribution >= 0.6 is 0 Å². The van der Waals surface area contributed by atoms with Crippen molar-refractivity contribution in [2.75, 3.05) is 15.5 Å². The minimum atomic E-state index is -0.792. The Balaban J connectivity index is 1.91. The molecule has 0 saturated heterocycles. The number of hydrogen-bond acceptors (Lipinski definition) is 4. The fourth-order valence-corrected chi connectivity index (χ4v) is 3.57. The average molecular weight is 405 g/mol. The molecule has 0 atom stereocenters. The highest BCUT2D eigenvalue weighted by Crippen LogP contribution is 2.36. The highest BCUT2D eigenvalue weighted by Gasteiger charge is 2.36. The van der Waals surface area contributed by atoms with Crippen LogP contribution in [0.2, 0.25) is 0 Å². The quantitative estimate of drug-likeness (QED) is 0.650. The summed E-state index contributed by atoms with van der Waals surface area (Å²) in [5.41, 5.74) is 0.758. The van der Waals surface area contributed by atoms with Crippen molar-refractivity contribution in [2.24, 2.45) is 0 Å². The van der Waals surface area contributed by atoms with Crippen LogP contribution in [0.1, 0.15) is 34.6 Å². The van der Waals surface area contributed by atoms with E-state index in [2.05, 4.69) is 10.6 Å². The van der Waals surface area contributed by atoms with Crippen LogP contribution in [-0.2, 0) is 9.59 Å². The fraction of sp³-hybridized carbons (Fsp3) is 0.0909. The standard InChI is InChI=1S/C22H16FN3O4/c1-11(27)24-14-6-7-18(23)19(10-14)26-21(29)16-5-3-4-13-8-15(25-12(2)28)9-17(20(13)16)22(26)30/h3-10H,1-2H3,(H,24,27)(H,25,28). The molecule has 30 heavy (non-hydrogen) atoms. The van der Waals surface area contributed by atoms with Crippen molar-refractivity contribution < 1.29 is 23.6 Å². The topological polar surface area (TPSA) is 95.6 Å². The molecule has 8 heteroatoms. The number of anilines is 3. The van der Waals surface area contributed by atoms with E-state index < -0.39 is 17.6 Å². The Morgan fingerprint density at radius 2 is 1.50 bits per heavy atom. The lowest BCUT2D eigenvalue weighted by Crippen LogP contribution is -2.41. The van der Waals surface area contributed by atoms with Crippen molar-refractivity contribution in [3.8, 4) is 0 Å². The Morgan fingerprint density at radius 3 is 2.20 bits per heavy atom. The molecule has 2 N–H and O–H groups in total. The molecule has 0 spiro atoms. The van der Waals surface area contributed by atoms with Gasteiger partial charge >= 0.3 is 0 Å². The van der Waals surface area contributed by atoms with Gasteiger partial charge in [-0.1, -0.05) is 12.1 Å². The fourth-order valence-electron chi connectivity index (χ4n) is 3.57. The van der Waals surface area contributed by atoms with Gasteiger partial charge in [0.15, 0.2) is 0 Å². The summed E-state index contributed by atoms with van der Waals surface area (Å²) in [7, 11) is 0. The lowest BCUT2D eigenvalue weighted by Gasteiger charge is -2.28. The molecule has 7 nitrogen and oxygen atoms in total. The van der Waals surface area contributed by atoms with Crippen LogP contribution in [0.3, 0.4) is 0 Å². The predicted octanol–water partition coefficient (Wildman–Crippen LogP) is 3.70. The molecule has 3 aromatic rings. The highest BCUT2D eigenvalue weighted by atomic mass is 19.1. The Labute approximate surface area is 170 Å². The summed E-state index contributed by atoms with van der Waals surface area (Å²) < 4.78 is 14.6. The summed E-state index contributed by atoms with van der Waals surface area (Å²) in [6, 6.07) is 11.7. The van der Waals surface area contributed by atoms with Gasteiger partial charge in [0, 0.05) is 36.2 Å². The van der Waals surface area contributed by atoms with Gasteiger partial charge in [-0.3, -0.25) is 19.2 Å². The smallest absolute Gasteiger partial charge is 0.266 e. The lowest BCUT2D eigenvalue weighted by atomic mass is 9.93. The number of halogens is 1. The number of amides is 4. The normalized spacial score (nSPS) is 12.8. The summed E-state index contributed by atoms with van der Waals surface area (Å²) in [6.45, 7) is 2.63. The third-order valence-electron chi connectivity index (χ3n) is 4.67. The van der Waals surface area contributed by atoms with Crippen molar-refractivity contribution in [1.82, 2.24) is 0 Å². The van der Waals surface area contributed by atoms with E-state index >= 15 is 0 Å². The first kappa shape index (κ1) is 19.3. The van der Waals surface area contributed by atoms with Crippen LogP contribution in [0, 0.1) is 5.82 Å². The van der Waals surface area contributed by atoms with Gasteiger partial charge in [0.05, 0.1) is 11.3 Å². The zero-order chi connectivity index (χ0) is 21.6. The molecule has 1 heterocycles. The first-order chi connectivity index (χ1) is 14.3. The number of carbonyl (C=O) groups is 4. The molecular weight excluding hydrogens is 389 g/mol. The van der Waals surface area contributed by atoms with E-state index in [1.54, 1.807) is 24.3 Å². The van der Waals surface area contributed by atoms with Gasteiger partial charge in [0.1, 0.15) is 5.82 Å². The van der Waals surface area contributed by atoms with Crippen molar-refractivity contribution in [1.29, 1.82) is 0 Å². The van der Waals surface area contributed by atoms with E-state index in [1.807, 2.05) is 0 Å². The van der Waals surface area contributed by atoms with Crippen LogP contribution in [0.5, 0.6) is 0 Å². The van der Waals surface area contributed by atoms with Gasteiger partial charge in [-0.25, -0.2) is 9.29 Å². The first-order valence-corrected chi connectivity index (χ1v) is 9.06. The van der Waals surface area contributed by atoms with Crippen molar-refractivity contribution in [3.63, 3.8) is 0 Å². The summed E-state index contributed by atoms with van der Waals surface area (Å²) in [6.07, 6.45) is 0. The van der Waals surface area contributed by atoms with Crippen LogP contribution in [0.4, 0.5) is 21.5 Å². The number of imide groups is 1. The van der Waals surface area contributed by atoms with Gasteiger partial charge in [0.25, 0.3) is 11.8 Å². The maximum Gasteiger partial charge on any atom is 0.266 e. The predicted molar refractivity (Wildman–Crippen MR) is 110 cm³/mol. The van der Waals surface area contributed by atoms with E-state index in [-0.39, 0.29) is 34.3 Å². The zero-order valence-corrected chi connectivity index (χ0v) is 16.1. The van der Waals surface area contributed by atoms with Crippen LogP contribution in [-0.4, -0.2) is 23.6 Å². The molecule has 1 aliphatic rings. The maximum atomic E-state index is 14.6. The first-order valence-electron chi connectivity index (χ1n) is 9.06. The molecule has 150 valence electrons. The van der Waals surface area contributed by atoms with Gasteiger partial charge in [-0.2, -0.15) is 0 Å². The zero-order valence-electron chi connectivity index (χ0n) is 16.1. The monoisotopic (exact) mass is 405 g/mol. The van der Waals surface area contributed by atoms with Gasteiger partial charge in [-0.05, 0) is 41.8 Å². The highest BCUT2D eigenvalue weighted by molar-refractivity contribution is 6.36. The Bertz CT molecular complexity index is 1270. The molecule has 0 aliphatic carbocycles. The maximum absolute atomic E-state index is 14.6. The molecule has 4 rings (SSSR count). The van der Waals surface area contributed by atoms with E-state index in [1.165, 1.54) is 32.0 Å². The summed E-state index contributed by atoms with van der Waals surface area (Å²) in [4.78, 5) is 50.0. The average Bonchev–Trinajstić information content (AvgIpc) is 2.67. The summed E-state index contributed by atoms with van der Waals surface area (Å²) in [5.74, 6) is -2.89. The number of rotatable bonds is 3. The lowest BCUT2D eigenvalue weighted by molar-refractivity contribution is -0.115. The number of carbonyl (C=O) groups excluding carboxylic acids is 4. The summed E-state index contributed by atoms with van der Waals surface area (Å²) in [5, 5.41) is 6.18. The Morgan fingerprint density at radius 1 is 0.833 bits per heavy atom. The molecule has 0 unspecified atom stereocenters. The van der Waals surface area contributed by atoms with E-state index in [0.717, 1.165) is 11.0 Å². The molecule has 0 saturated carbocycles. The Kier molecular flexibility index (Phi) is 4.54. The van der Waals surface area contributed by atoms with Crippen molar-refractivity contribution in [3.05, 3.63) is 65.5 Å². The van der Waals surface area contributed by atoms with Crippen molar-refractivity contribution in [2.45, 2.75) is 13.8 Å². The molecule has 0 aromatic heterocycles. The van der Waals surface area contributed by atoms with Crippen LogP contribution < -0.4 is 15.5 Å². The molecule has 0 radical (unpaired) electrons. The number of hydrogen-bond donors (Lipinski definition) is 2. The molecule has 0 fully saturated rings. The van der Waals surface area contributed by atoms with Gasteiger partial charge in [-0.15, -0.1) is 0 Å². The second-order valence-electron chi connectivity index (χ2n) is 6.90. The van der Waals surface area contributed by atoms with Crippen LogP contribution in [0.15, 0.2) is 48.5 Å². The van der Waals surface area contributed by atoms with E-state index in [0.29, 0.717) is 16.5 Å². The molecule has 4 amide bonds. The third kappa shape index (κ3) is 3.18. The van der Waals surface area contributed by atoms with Crippen molar-refractivity contribution >= 4 is 51.5 Å². The molecule has 0 bridgehead atoms. The second kappa shape index (κ2) is 7.07. The molecule has 3 aromatic carbocycles. The Hall–Kier alpha value is -4.07. The molecular formula is C22H16FN3O4. The van der Waals surface area contributed by atoms with Gasteiger partial charge < -0.3 is 10.6 Å². The number of benzene rings is 3. The SMILES string of the molecule is CC(=O)Nc1ccc(F)c(N2C(=O)c3cccc4cc(NC(C)=O)cc(c34)C2=O)c1. The summed E-state index contributed by atoms with van der Waals surface area (Å²) >= 11 is 0. The largest absolute Gasteiger partial charge is 0.326 e. The molecule has 1 aliphatic heterocycles. The van der Waals surface area contributed by atoms with E-state index in [4.69, 9.17) is 0 Å². The minimum absolute atomic E-state index is 0.163. The third-order valence-corrected chi connectivity index (χ3v) is 4.67. The van der Waals surface area contributed by atoms with Gasteiger partial charge in [0.2, 0.25) is 11.8 Å². The number of nitrogens with one attached hydrogen (secondary N) is 2. The minimum Gasteiger partial charge on any atom is -0.326 e. The second-order valence-corrected chi connectivity index (χ2v) is 6.90. The van der Waals surface area contributed by atoms with E-state index in [9.17, 15) is 23.6 Å².